The van der Waals surface area contributed by atoms with Crippen LogP contribution in [-0.2, 0) is 11.3 Å². The van der Waals surface area contributed by atoms with Gasteiger partial charge in [0.1, 0.15) is 6.61 Å². The summed E-state index contributed by atoms with van der Waals surface area (Å²) in [5, 5.41) is 6.32. The first-order chi connectivity index (χ1) is 9.66. The molecule has 1 aliphatic rings. The molecule has 1 heterocycles. The summed E-state index contributed by atoms with van der Waals surface area (Å²) < 4.78 is 5.27. The van der Waals surface area contributed by atoms with Crippen LogP contribution in [0.3, 0.4) is 0 Å². The SMILES string of the molecule is CN(C)[C@@H]1CNCC[C@@H]1NC(=O)OCc1ccccc1. The van der Waals surface area contributed by atoms with Crippen molar-refractivity contribution < 1.29 is 9.53 Å². The van der Waals surface area contributed by atoms with E-state index < -0.39 is 0 Å². The summed E-state index contributed by atoms with van der Waals surface area (Å²) >= 11 is 0. The van der Waals surface area contributed by atoms with Gasteiger partial charge in [-0.3, -0.25) is 0 Å². The molecule has 0 unspecified atom stereocenters. The standard InChI is InChI=1S/C15H23N3O2/c1-18(2)14-10-16-9-8-13(14)17-15(19)20-11-12-6-4-3-5-7-12/h3-7,13-14,16H,8-11H2,1-2H3,(H,17,19)/t13-,14+/m0/s1. The van der Waals surface area contributed by atoms with Gasteiger partial charge in [0.25, 0.3) is 0 Å². The zero-order valence-corrected chi connectivity index (χ0v) is 12.1. The maximum atomic E-state index is 11.9. The van der Waals surface area contributed by atoms with Gasteiger partial charge in [0, 0.05) is 12.6 Å². The van der Waals surface area contributed by atoms with Crippen LogP contribution < -0.4 is 10.6 Å². The third-order valence-corrected chi connectivity index (χ3v) is 3.63. The van der Waals surface area contributed by atoms with E-state index in [9.17, 15) is 4.79 Å². The van der Waals surface area contributed by atoms with Gasteiger partial charge in [-0.05, 0) is 32.6 Å². The molecular weight excluding hydrogens is 254 g/mol. The van der Waals surface area contributed by atoms with Gasteiger partial charge >= 0.3 is 6.09 Å². The van der Waals surface area contributed by atoms with Gasteiger partial charge in [-0.25, -0.2) is 4.79 Å². The lowest BCUT2D eigenvalue weighted by molar-refractivity contribution is 0.121. The van der Waals surface area contributed by atoms with E-state index in [0.29, 0.717) is 12.6 Å². The number of ether oxygens (including phenoxy) is 1. The topological polar surface area (TPSA) is 53.6 Å². The molecule has 0 aromatic heterocycles. The molecule has 1 fully saturated rings. The number of nitrogens with one attached hydrogen (secondary N) is 2. The van der Waals surface area contributed by atoms with Gasteiger partial charge in [0.15, 0.2) is 0 Å². The highest BCUT2D eigenvalue weighted by Gasteiger charge is 2.28. The Morgan fingerprint density at radius 1 is 1.40 bits per heavy atom. The summed E-state index contributed by atoms with van der Waals surface area (Å²) in [6.07, 6.45) is 0.580. The lowest BCUT2D eigenvalue weighted by Gasteiger charge is -2.36. The van der Waals surface area contributed by atoms with E-state index in [0.717, 1.165) is 25.1 Å². The van der Waals surface area contributed by atoms with Crippen molar-refractivity contribution in [1.82, 2.24) is 15.5 Å². The van der Waals surface area contributed by atoms with Crippen molar-refractivity contribution in [3.05, 3.63) is 35.9 Å². The first-order valence-corrected chi connectivity index (χ1v) is 7.01. The fraction of sp³-hybridized carbons (Fsp3) is 0.533. The molecule has 0 spiro atoms. The van der Waals surface area contributed by atoms with Crippen LogP contribution in [0, 0.1) is 0 Å². The summed E-state index contributed by atoms with van der Waals surface area (Å²) in [4.78, 5) is 14.0. The highest BCUT2D eigenvalue weighted by molar-refractivity contribution is 5.67. The molecule has 1 aromatic rings. The fourth-order valence-electron chi connectivity index (χ4n) is 2.47. The molecule has 0 saturated carbocycles. The normalized spacial score (nSPS) is 22.6. The zero-order chi connectivity index (χ0) is 14.4. The Balaban J connectivity index is 1.81. The second-order valence-electron chi connectivity index (χ2n) is 5.34. The van der Waals surface area contributed by atoms with E-state index in [4.69, 9.17) is 4.74 Å². The average Bonchev–Trinajstić information content (AvgIpc) is 2.46. The van der Waals surface area contributed by atoms with Crippen LogP contribution in [0.25, 0.3) is 0 Å². The number of carbonyl (C=O) groups excluding carboxylic acids is 1. The first-order valence-electron chi connectivity index (χ1n) is 7.01. The van der Waals surface area contributed by atoms with Crippen LogP contribution >= 0.6 is 0 Å². The predicted octanol–water partition coefficient (Wildman–Crippen LogP) is 1.20. The van der Waals surface area contributed by atoms with Gasteiger partial charge < -0.3 is 20.3 Å². The van der Waals surface area contributed by atoms with Crippen molar-refractivity contribution in [3.8, 4) is 0 Å². The smallest absolute Gasteiger partial charge is 0.407 e. The number of likely N-dealkylation sites (N-methyl/N-ethyl adjacent to an activating group) is 1. The van der Waals surface area contributed by atoms with Crippen molar-refractivity contribution in [1.29, 1.82) is 0 Å². The Hall–Kier alpha value is -1.59. The third-order valence-electron chi connectivity index (χ3n) is 3.63. The highest BCUT2D eigenvalue weighted by Crippen LogP contribution is 2.09. The Morgan fingerprint density at radius 2 is 2.15 bits per heavy atom. The molecule has 2 N–H and O–H groups in total. The molecule has 0 radical (unpaired) electrons. The van der Waals surface area contributed by atoms with E-state index in [1.165, 1.54) is 0 Å². The minimum absolute atomic E-state index is 0.134. The van der Waals surface area contributed by atoms with Crippen LogP contribution in [0.2, 0.25) is 0 Å². The molecule has 5 heteroatoms. The monoisotopic (exact) mass is 277 g/mol. The highest BCUT2D eigenvalue weighted by atomic mass is 16.5. The Morgan fingerprint density at radius 3 is 2.85 bits per heavy atom. The largest absolute Gasteiger partial charge is 0.445 e. The van der Waals surface area contributed by atoms with E-state index >= 15 is 0 Å². The van der Waals surface area contributed by atoms with Gasteiger partial charge in [-0.15, -0.1) is 0 Å². The van der Waals surface area contributed by atoms with Crippen molar-refractivity contribution in [2.24, 2.45) is 0 Å². The summed E-state index contributed by atoms with van der Waals surface area (Å²) in [5.74, 6) is 0. The molecular formula is C15H23N3O2. The lowest BCUT2D eigenvalue weighted by Crippen LogP contribution is -2.58. The molecule has 1 aliphatic heterocycles. The average molecular weight is 277 g/mol. The van der Waals surface area contributed by atoms with E-state index in [1.807, 2.05) is 44.4 Å². The molecule has 2 rings (SSSR count). The Bertz CT molecular complexity index is 422. The second kappa shape index (κ2) is 7.26. The minimum atomic E-state index is -0.340. The summed E-state index contributed by atoms with van der Waals surface area (Å²) in [6, 6.07) is 10.1. The van der Waals surface area contributed by atoms with Crippen molar-refractivity contribution >= 4 is 6.09 Å². The number of nitrogens with zero attached hydrogens (tertiary/aromatic N) is 1. The fourth-order valence-corrected chi connectivity index (χ4v) is 2.47. The maximum Gasteiger partial charge on any atom is 0.407 e. The van der Waals surface area contributed by atoms with E-state index in [2.05, 4.69) is 15.5 Å². The molecule has 0 bridgehead atoms. The number of amides is 1. The molecule has 0 aliphatic carbocycles. The van der Waals surface area contributed by atoms with Crippen molar-refractivity contribution in [2.75, 3.05) is 27.2 Å². The van der Waals surface area contributed by atoms with E-state index in [-0.39, 0.29) is 12.1 Å². The van der Waals surface area contributed by atoms with Crippen LogP contribution in [0.1, 0.15) is 12.0 Å². The molecule has 5 nitrogen and oxygen atoms in total. The van der Waals surface area contributed by atoms with Crippen LogP contribution in [0.5, 0.6) is 0 Å². The molecule has 20 heavy (non-hydrogen) atoms. The number of carbonyl (C=O) groups is 1. The number of hydrogen-bond donors (Lipinski definition) is 2. The number of hydrogen-bond acceptors (Lipinski definition) is 4. The molecule has 1 amide bonds. The quantitative estimate of drug-likeness (QED) is 0.868. The van der Waals surface area contributed by atoms with Gasteiger partial charge in [0.05, 0.1) is 6.04 Å². The predicted molar refractivity (Wildman–Crippen MR) is 78.5 cm³/mol. The number of benzene rings is 1. The second-order valence-corrected chi connectivity index (χ2v) is 5.34. The van der Waals surface area contributed by atoms with Crippen LogP contribution in [-0.4, -0.2) is 50.3 Å². The van der Waals surface area contributed by atoms with Gasteiger partial charge in [-0.1, -0.05) is 30.3 Å². The lowest BCUT2D eigenvalue weighted by atomic mass is 10.0. The molecule has 1 saturated heterocycles. The number of alkyl carbamates (subject to hydrolysis) is 1. The van der Waals surface area contributed by atoms with E-state index in [1.54, 1.807) is 0 Å². The number of rotatable bonds is 4. The first kappa shape index (κ1) is 14.8. The Kier molecular flexibility index (Phi) is 5.38. The molecule has 110 valence electrons. The maximum absolute atomic E-state index is 11.9. The van der Waals surface area contributed by atoms with Crippen molar-refractivity contribution in [3.63, 3.8) is 0 Å². The minimum Gasteiger partial charge on any atom is -0.445 e. The van der Waals surface area contributed by atoms with Crippen molar-refractivity contribution in [2.45, 2.75) is 25.1 Å². The van der Waals surface area contributed by atoms with Gasteiger partial charge in [-0.2, -0.15) is 0 Å². The van der Waals surface area contributed by atoms with Gasteiger partial charge in [0.2, 0.25) is 0 Å². The van der Waals surface area contributed by atoms with Crippen LogP contribution in [0.15, 0.2) is 30.3 Å². The summed E-state index contributed by atoms with van der Waals surface area (Å²) in [7, 11) is 4.06. The number of piperidine rings is 1. The third kappa shape index (κ3) is 4.21. The summed E-state index contributed by atoms with van der Waals surface area (Å²) in [6.45, 7) is 2.12. The summed E-state index contributed by atoms with van der Waals surface area (Å²) in [5.41, 5.74) is 0.997. The Labute approximate surface area is 120 Å². The molecule has 2 atom stereocenters. The molecule has 1 aromatic carbocycles. The zero-order valence-electron chi connectivity index (χ0n) is 12.1. The van der Waals surface area contributed by atoms with Crippen LogP contribution in [0.4, 0.5) is 4.79 Å².